The molecule has 0 bridgehead atoms. The van der Waals surface area contributed by atoms with E-state index in [0.29, 0.717) is 12.5 Å². The molecule has 0 aliphatic heterocycles. The molecule has 1 rings (SSSR count). The standard InChI is InChI=1S/C12H25NO/c1-10-5-4-6-11(2,3)12(10,9-13)7-8-14/h10,14H,4-9,13H2,1-3H3. The number of aliphatic hydroxyl groups is 1. The molecule has 0 spiro atoms. The molecule has 0 saturated heterocycles. The smallest absolute Gasteiger partial charge is 0.0437 e. The van der Waals surface area contributed by atoms with Gasteiger partial charge >= 0.3 is 0 Å². The lowest BCUT2D eigenvalue weighted by Gasteiger charge is -2.54. The summed E-state index contributed by atoms with van der Waals surface area (Å²) in [5, 5.41) is 9.21. The third-order valence-electron chi connectivity index (χ3n) is 4.65. The normalized spacial score (nSPS) is 37.1. The van der Waals surface area contributed by atoms with Crippen LogP contribution in [0.5, 0.6) is 0 Å². The van der Waals surface area contributed by atoms with Crippen molar-refractivity contribution in [3.63, 3.8) is 0 Å². The summed E-state index contributed by atoms with van der Waals surface area (Å²) in [7, 11) is 0. The molecule has 1 saturated carbocycles. The van der Waals surface area contributed by atoms with Crippen molar-refractivity contribution in [3.8, 4) is 0 Å². The van der Waals surface area contributed by atoms with E-state index >= 15 is 0 Å². The van der Waals surface area contributed by atoms with Gasteiger partial charge < -0.3 is 10.8 Å². The first-order chi connectivity index (χ1) is 6.50. The summed E-state index contributed by atoms with van der Waals surface area (Å²) in [6, 6.07) is 0. The fourth-order valence-electron chi connectivity index (χ4n) is 3.41. The molecule has 1 fully saturated rings. The molecule has 0 aromatic carbocycles. The van der Waals surface area contributed by atoms with Crippen LogP contribution >= 0.6 is 0 Å². The third-order valence-corrected chi connectivity index (χ3v) is 4.65. The first kappa shape index (κ1) is 12.0. The van der Waals surface area contributed by atoms with E-state index in [9.17, 15) is 5.11 Å². The minimum absolute atomic E-state index is 0.153. The van der Waals surface area contributed by atoms with E-state index in [0.717, 1.165) is 6.42 Å². The molecule has 2 unspecified atom stereocenters. The van der Waals surface area contributed by atoms with Gasteiger partial charge in [-0.3, -0.25) is 0 Å². The van der Waals surface area contributed by atoms with E-state index < -0.39 is 0 Å². The lowest BCUT2D eigenvalue weighted by molar-refractivity contribution is -0.0443. The average Bonchev–Trinajstić information content (AvgIpc) is 2.11. The molecule has 14 heavy (non-hydrogen) atoms. The topological polar surface area (TPSA) is 46.2 Å². The summed E-state index contributed by atoms with van der Waals surface area (Å²) in [6.45, 7) is 7.90. The molecule has 1 aliphatic rings. The monoisotopic (exact) mass is 199 g/mol. The SMILES string of the molecule is CC1CCCC(C)(C)C1(CN)CCO. The minimum atomic E-state index is 0.153. The fourth-order valence-corrected chi connectivity index (χ4v) is 3.41. The van der Waals surface area contributed by atoms with Crippen LogP contribution in [0.3, 0.4) is 0 Å². The summed E-state index contributed by atoms with van der Waals surface area (Å²) in [4.78, 5) is 0. The molecule has 1 aliphatic carbocycles. The zero-order valence-corrected chi connectivity index (χ0v) is 9.84. The van der Waals surface area contributed by atoms with Gasteiger partial charge in [-0.25, -0.2) is 0 Å². The Kier molecular flexibility index (Phi) is 3.59. The Morgan fingerprint density at radius 1 is 1.43 bits per heavy atom. The number of hydrogen-bond acceptors (Lipinski definition) is 2. The van der Waals surface area contributed by atoms with Crippen molar-refractivity contribution in [2.75, 3.05) is 13.2 Å². The molecule has 0 heterocycles. The molecule has 2 atom stereocenters. The zero-order valence-electron chi connectivity index (χ0n) is 9.84. The van der Waals surface area contributed by atoms with Crippen molar-refractivity contribution >= 4 is 0 Å². The summed E-state index contributed by atoms with van der Waals surface area (Å²) in [5.41, 5.74) is 6.41. The van der Waals surface area contributed by atoms with Crippen molar-refractivity contribution in [1.82, 2.24) is 0 Å². The predicted molar refractivity (Wildman–Crippen MR) is 60.0 cm³/mol. The van der Waals surface area contributed by atoms with Crippen LogP contribution < -0.4 is 5.73 Å². The van der Waals surface area contributed by atoms with Gasteiger partial charge in [-0.2, -0.15) is 0 Å². The lowest BCUT2D eigenvalue weighted by Crippen LogP contribution is -2.51. The molecule has 3 N–H and O–H groups in total. The van der Waals surface area contributed by atoms with Crippen LogP contribution in [0.2, 0.25) is 0 Å². The summed E-state index contributed by atoms with van der Waals surface area (Å²) >= 11 is 0. The van der Waals surface area contributed by atoms with Crippen molar-refractivity contribution in [2.45, 2.75) is 46.5 Å². The maximum atomic E-state index is 9.21. The van der Waals surface area contributed by atoms with Crippen LogP contribution in [0.25, 0.3) is 0 Å². The van der Waals surface area contributed by atoms with Gasteiger partial charge in [-0.05, 0) is 36.1 Å². The van der Waals surface area contributed by atoms with Crippen LogP contribution in [0.15, 0.2) is 0 Å². The second-order valence-electron chi connectivity index (χ2n) is 5.51. The van der Waals surface area contributed by atoms with E-state index in [1.165, 1.54) is 19.3 Å². The highest BCUT2D eigenvalue weighted by Crippen LogP contribution is 2.54. The third kappa shape index (κ3) is 1.70. The van der Waals surface area contributed by atoms with Gasteiger partial charge in [0.1, 0.15) is 0 Å². The summed E-state index contributed by atoms with van der Waals surface area (Å²) in [6.07, 6.45) is 4.67. The first-order valence-electron chi connectivity index (χ1n) is 5.81. The van der Waals surface area contributed by atoms with Gasteiger partial charge in [0, 0.05) is 6.61 Å². The molecule has 0 aromatic rings. The largest absolute Gasteiger partial charge is 0.396 e. The number of hydrogen-bond donors (Lipinski definition) is 2. The molecule has 84 valence electrons. The van der Waals surface area contributed by atoms with Crippen molar-refractivity contribution < 1.29 is 5.11 Å². The van der Waals surface area contributed by atoms with E-state index in [-0.39, 0.29) is 17.4 Å². The van der Waals surface area contributed by atoms with Gasteiger partial charge in [0.25, 0.3) is 0 Å². The van der Waals surface area contributed by atoms with Crippen molar-refractivity contribution in [3.05, 3.63) is 0 Å². The number of nitrogens with two attached hydrogens (primary N) is 1. The Morgan fingerprint density at radius 3 is 2.50 bits per heavy atom. The van der Waals surface area contributed by atoms with Crippen molar-refractivity contribution in [1.29, 1.82) is 0 Å². The van der Waals surface area contributed by atoms with Gasteiger partial charge in [-0.1, -0.05) is 33.6 Å². The maximum absolute atomic E-state index is 9.21. The van der Waals surface area contributed by atoms with Crippen LogP contribution in [-0.4, -0.2) is 18.3 Å². The van der Waals surface area contributed by atoms with Gasteiger partial charge in [0.15, 0.2) is 0 Å². The van der Waals surface area contributed by atoms with E-state index in [1.54, 1.807) is 0 Å². The Morgan fingerprint density at radius 2 is 2.07 bits per heavy atom. The van der Waals surface area contributed by atoms with Gasteiger partial charge in [-0.15, -0.1) is 0 Å². The highest BCUT2D eigenvalue weighted by atomic mass is 16.3. The first-order valence-corrected chi connectivity index (χ1v) is 5.81. The zero-order chi connectivity index (χ0) is 10.8. The van der Waals surface area contributed by atoms with Gasteiger partial charge in [0.2, 0.25) is 0 Å². The second kappa shape index (κ2) is 4.19. The quantitative estimate of drug-likeness (QED) is 0.731. The van der Waals surface area contributed by atoms with E-state index in [2.05, 4.69) is 20.8 Å². The highest BCUT2D eigenvalue weighted by Gasteiger charge is 2.48. The lowest BCUT2D eigenvalue weighted by atomic mass is 9.52. The molecule has 0 radical (unpaired) electrons. The Labute approximate surface area is 87.9 Å². The summed E-state index contributed by atoms with van der Waals surface area (Å²) < 4.78 is 0. The molecule has 2 nitrogen and oxygen atoms in total. The molecular formula is C12H25NO. The van der Waals surface area contributed by atoms with Gasteiger partial charge in [0.05, 0.1) is 0 Å². The second-order valence-corrected chi connectivity index (χ2v) is 5.51. The Bertz CT molecular complexity index is 191. The average molecular weight is 199 g/mol. The van der Waals surface area contributed by atoms with Crippen LogP contribution in [-0.2, 0) is 0 Å². The molecular weight excluding hydrogens is 174 g/mol. The molecule has 0 amide bonds. The minimum Gasteiger partial charge on any atom is -0.396 e. The highest BCUT2D eigenvalue weighted by molar-refractivity contribution is 4.99. The van der Waals surface area contributed by atoms with Crippen LogP contribution in [0.1, 0.15) is 46.5 Å². The van der Waals surface area contributed by atoms with E-state index in [1.807, 2.05) is 0 Å². The van der Waals surface area contributed by atoms with Crippen LogP contribution in [0, 0.1) is 16.7 Å². The Balaban J connectivity index is 2.94. The number of rotatable bonds is 3. The fraction of sp³-hybridized carbons (Fsp3) is 1.00. The molecule has 2 heteroatoms. The Hall–Kier alpha value is -0.0800. The predicted octanol–water partition coefficient (Wildman–Crippen LogP) is 2.16. The molecule has 0 aromatic heterocycles. The van der Waals surface area contributed by atoms with E-state index in [4.69, 9.17) is 5.73 Å². The van der Waals surface area contributed by atoms with Crippen molar-refractivity contribution in [2.24, 2.45) is 22.5 Å². The van der Waals surface area contributed by atoms with Crippen LogP contribution in [0.4, 0.5) is 0 Å². The summed E-state index contributed by atoms with van der Waals surface area (Å²) in [5.74, 6) is 0.642. The number of aliphatic hydroxyl groups excluding tert-OH is 1. The maximum Gasteiger partial charge on any atom is 0.0437 e.